The van der Waals surface area contributed by atoms with Crippen LogP contribution in [0.4, 0.5) is 11.9 Å². The standard InChI is InChI=1S/C12H22N6O/c1-7(2)19-12-15-10(17-13)14-11(16-12)18(4)6-9-5-8(9)3/h7-9H,5-6,13H2,1-4H3,(H,14,15,16,17). The first-order valence-electron chi connectivity index (χ1n) is 6.60. The van der Waals surface area contributed by atoms with Gasteiger partial charge in [-0.1, -0.05) is 6.92 Å². The highest BCUT2D eigenvalue weighted by Crippen LogP contribution is 2.38. The molecule has 0 saturated heterocycles. The summed E-state index contributed by atoms with van der Waals surface area (Å²) in [7, 11) is 1.97. The summed E-state index contributed by atoms with van der Waals surface area (Å²) in [6.45, 7) is 7.05. The molecule has 2 atom stereocenters. The van der Waals surface area contributed by atoms with Gasteiger partial charge < -0.3 is 9.64 Å². The zero-order valence-corrected chi connectivity index (χ0v) is 11.9. The molecule has 1 aliphatic rings. The zero-order chi connectivity index (χ0) is 14.0. The molecule has 0 spiro atoms. The third kappa shape index (κ3) is 3.66. The van der Waals surface area contributed by atoms with Crippen LogP contribution >= 0.6 is 0 Å². The molecule has 0 amide bonds. The van der Waals surface area contributed by atoms with Crippen LogP contribution in [0.1, 0.15) is 27.2 Å². The Labute approximate surface area is 113 Å². The van der Waals surface area contributed by atoms with Crippen molar-refractivity contribution in [3.05, 3.63) is 0 Å². The fraction of sp³-hybridized carbons (Fsp3) is 0.750. The Hall–Kier alpha value is -1.63. The van der Waals surface area contributed by atoms with Gasteiger partial charge in [0.2, 0.25) is 11.9 Å². The summed E-state index contributed by atoms with van der Waals surface area (Å²) in [5, 5.41) is 0. The lowest BCUT2D eigenvalue weighted by Gasteiger charge is -2.18. The third-order valence-corrected chi connectivity index (χ3v) is 3.20. The van der Waals surface area contributed by atoms with Crippen LogP contribution in [-0.2, 0) is 0 Å². The Kier molecular flexibility index (Phi) is 4.04. The SMILES string of the molecule is CC(C)Oc1nc(NN)nc(N(C)CC2CC2C)n1. The van der Waals surface area contributed by atoms with E-state index in [0.29, 0.717) is 17.9 Å². The number of hydrogen-bond acceptors (Lipinski definition) is 7. The Morgan fingerprint density at radius 3 is 2.63 bits per heavy atom. The van der Waals surface area contributed by atoms with Crippen molar-refractivity contribution in [3.8, 4) is 6.01 Å². The van der Waals surface area contributed by atoms with Crippen molar-refractivity contribution in [3.63, 3.8) is 0 Å². The van der Waals surface area contributed by atoms with Crippen molar-refractivity contribution >= 4 is 11.9 Å². The number of nitrogens with one attached hydrogen (secondary N) is 1. The summed E-state index contributed by atoms with van der Waals surface area (Å²) in [6.07, 6.45) is 1.28. The monoisotopic (exact) mass is 266 g/mol. The molecule has 2 rings (SSSR count). The smallest absolute Gasteiger partial charge is 0.323 e. The molecule has 7 heteroatoms. The van der Waals surface area contributed by atoms with E-state index in [1.807, 2.05) is 25.8 Å². The van der Waals surface area contributed by atoms with Crippen LogP contribution in [0.5, 0.6) is 6.01 Å². The maximum absolute atomic E-state index is 5.50. The number of aromatic nitrogens is 3. The average Bonchev–Trinajstić information content (AvgIpc) is 3.03. The highest BCUT2D eigenvalue weighted by Gasteiger charge is 2.33. The minimum atomic E-state index is 0.00892. The molecular formula is C12H22N6O. The van der Waals surface area contributed by atoms with E-state index in [2.05, 4.69) is 27.3 Å². The predicted molar refractivity (Wildman–Crippen MR) is 73.9 cm³/mol. The second-order valence-corrected chi connectivity index (χ2v) is 5.41. The molecule has 1 fully saturated rings. The average molecular weight is 266 g/mol. The molecule has 1 aromatic heterocycles. The van der Waals surface area contributed by atoms with E-state index in [0.717, 1.165) is 18.4 Å². The number of rotatable bonds is 6. The predicted octanol–water partition coefficient (Wildman–Crippen LogP) is 1.04. The van der Waals surface area contributed by atoms with Gasteiger partial charge in [0.1, 0.15) is 0 Å². The first-order chi connectivity index (χ1) is 8.99. The Balaban J connectivity index is 2.13. The zero-order valence-electron chi connectivity index (χ0n) is 11.9. The van der Waals surface area contributed by atoms with Gasteiger partial charge in [-0.15, -0.1) is 0 Å². The number of nitrogens with two attached hydrogens (primary N) is 1. The molecule has 106 valence electrons. The molecule has 7 nitrogen and oxygen atoms in total. The molecule has 0 aliphatic heterocycles. The van der Waals surface area contributed by atoms with E-state index in [1.165, 1.54) is 6.42 Å². The van der Waals surface area contributed by atoms with Crippen LogP contribution in [0, 0.1) is 11.8 Å². The van der Waals surface area contributed by atoms with Crippen molar-refractivity contribution in [1.82, 2.24) is 15.0 Å². The van der Waals surface area contributed by atoms with Gasteiger partial charge in [0.25, 0.3) is 0 Å². The molecule has 1 aliphatic carbocycles. The van der Waals surface area contributed by atoms with Crippen molar-refractivity contribution in [1.29, 1.82) is 0 Å². The molecule has 1 aromatic rings. The summed E-state index contributed by atoms with van der Waals surface area (Å²) in [6, 6.07) is 0.295. The summed E-state index contributed by atoms with van der Waals surface area (Å²) in [5.74, 6) is 7.80. The summed E-state index contributed by atoms with van der Waals surface area (Å²) in [4.78, 5) is 14.7. The third-order valence-electron chi connectivity index (χ3n) is 3.20. The van der Waals surface area contributed by atoms with Crippen LogP contribution in [-0.4, -0.2) is 34.6 Å². The maximum Gasteiger partial charge on any atom is 0.323 e. The highest BCUT2D eigenvalue weighted by molar-refractivity contribution is 5.37. The lowest BCUT2D eigenvalue weighted by atomic mass is 10.3. The largest absolute Gasteiger partial charge is 0.461 e. The van der Waals surface area contributed by atoms with Crippen LogP contribution in [0.2, 0.25) is 0 Å². The van der Waals surface area contributed by atoms with Gasteiger partial charge in [-0.05, 0) is 32.1 Å². The van der Waals surface area contributed by atoms with Crippen LogP contribution in [0.25, 0.3) is 0 Å². The van der Waals surface area contributed by atoms with Crippen LogP contribution in [0.15, 0.2) is 0 Å². The van der Waals surface area contributed by atoms with Gasteiger partial charge in [-0.25, -0.2) is 5.84 Å². The molecule has 19 heavy (non-hydrogen) atoms. The van der Waals surface area contributed by atoms with Crippen LogP contribution < -0.4 is 20.9 Å². The Bertz CT molecular complexity index is 438. The maximum atomic E-state index is 5.50. The minimum Gasteiger partial charge on any atom is -0.461 e. The van der Waals surface area contributed by atoms with Gasteiger partial charge in [0, 0.05) is 13.6 Å². The Morgan fingerprint density at radius 2 is 2.11 bits per heavy atom. The number of hydrazine groups is 1. The second-order valence-electron chi connectivity index (χ2n) is 5.41. The van der Waals surface area contributed by atoms with Gasteiger partial charge in [0.15, 0.2) is 0 Å². The van der Waals surface area contributed by atoms with Crippen molar-refractivity contribution in [2.45, 2.75) is 33.3 Å². The quantitative estimate of drug-likeness (QED) is 0.587. The van der Waals surface area contributed by atoms with E-state index in [-0.39, 0.29) is 6.10 Å². The first kappa shape index (κ1) is 13.8. The number of hydrogen-bond donors (Lipinski definition) is 2. The minimum absolute atomic E-state index is 0.00892. The van der Waals surface area contributed by atoms with Crippen molar-refractivity contribution < 1.29 is 4.74 Å². The van der Waals surface area contributed by atoms with Crippen molar-refractivity contribution in [2.24, 2.45) is 17.7 Å². The number of nitrogens with zero attached hydrogens (tertiary/aromatic N) is 4. The van der Waals surface area contributed by atoms with Gasteiger partial charge in [-0.2, -0.15) is 15.0 Å². The lowest BCUT2D eigenvalue weighted by Crippen LogP contribution is -2.25. The summed E-state index contributed by atoms with van der Waals surface area (Å²) >= 11 is 0. The summed E-state index contributed by atoms with van der Waals surface area (Å²) in [5.41, 5.74) is 2.44. The topological polar surface area (TPSA) is 89.2 Å². The fourth-order valence-corrected chi connectivity index (χ4v) is 1.93. The van der Waals surface area contributed by atoms with Gasteiger partial charge in [0.05, 0.1) is 6.10 Å². The van der Waals surface area contributed by atoms with Crippen molar-refractivity contribution in [2.75, 3.05) is 23.9 Å². The molecule has 2 unspecified atom stereocenters. The Morgan fingerprint density at radius 1 is 1.42 bits per heavy atom. The number of ether oxygens (including phenoxy) is 1. The van der Waals surface area contributed by atoms with Gasteiger partial charge in [-0.3, -0.25) is 5.43 Å². The van der Waals surface area contributed by atoms with E-state index in [9.17, 15) is 0 Å². The molecule has 0 radical (unpaired) electrons. The second kappa shape index (κ2) is 5.56. The number of nitrogen functional groups attached to an aromatic ring is 1. The molecule has 1 saturated carbocycles. The van der Waals surface area contributed by atoms with E-state index < -0.39 is 0 Å². The van der Waals surface area contributed by atoms with E-state index in [1.54, 1.807) is 0 Å². The molecule has 3 N–H and O–H groups in total. The summed E-state index contributed by atoms with van der Waals surface area (Å²) < 4.78 is 5.50. The number of anilines is 2. The van der Waals surface area contributed by atoms with Gasteiger partial charge >= 0.3 is 6.01 Å². The molecule has 1 heterocycles. The van der Waals surface area contributed by atoms with E-state index in [4.69, 9.17) is 10.6 Å². The molecular weight excluding hydrogens is 244 g/mol. The lowest BCUT2D eigenvalue weighted by molar-refractivity contribution is 0.222. The highest BCUT2D eigenvalue weighted by atomic mass is 16.5. The van der Waals surface area contributed by atoms with Crippen LogP contribution in [0.3, 0.4) is 0 Å². The molecule has 0 bridgehead atoms. The fourth-order valence-electron chi connectivity index (χ4n) is 1.93. The normalized spacial score (nSPS) is 21.4. The van der Waals surface area contributed by atoms with E-state index >= 15 is 0 Å². The molecule has 0 aromatic carbocycles. The first-order valence-corrected chi connectivity index (χ1v) is 6.60.